The van der Waals surface area contributed by atoms with Crippen LogP contribution in [0, 0.1) is 4.84 Å². The minimum absolute atomic E-state index is 0.401. The molecule has 0 spiro atoms. The Kier molecular flexibility index (Phi) is 2.33. The fourth-order valence-electron chi connectivity index (χ4n) is 1.05. The number of benzene rings is 1. The molecule has 0 aliphatic carbocycles. The zero-order chi connectivity index (χ0) is 9.26. The second-order valence-corrected chi connectivity index (χ2v) is 3.86. The fourth-order valence-corrected chi connectivity index (χ4v) is 1.47. The smallest absolute Gasteiger partial charge is 0.266 e. The average Bonchev–Trinajstić information content (AvgIpc) is 2.53. The number of aromatic amines is 1. The SMILES string of the molecule is S=c1[nH]c(-c2ccc(Br)cc2)co1. The van der Waals surface area contributed by atoms with Gasteiger partial charge in [0.15, 0.2) is 0 Å². The van der Waals surface area contributed by atoms with E-state index in [0.29, 0.717) is 4.84 Å². The lowest BCUT2D eigenvalue weighted by molar-refractivity contribution is 0.541. The number of rotatable bonds is 1. The number of halogens is 1. The minimum atomic E-state index is 0.401. The number of oxazole rings is 1. The predicted molar refractivity (Wildman–Crippen MR) is 57.0 cm³/mol. The van der Waals surface area contributed by atoms with Crippen LogP contribution >= 0.6 is 28.1 Å². The highest BCUT2D eigenvalue weighted by molar-refractivity contribution is 9.10. The molecule has 66 valence electrons. The van der Waals surface area contributed by atoms with Crippen molar-refractivity contribution < 1.29 is 4.42 Å². The van der Waals surface area contributed by atoms with Crippen LogP contribution < -0.4 is 0 Å². The number of hydrogen-bond acceptors (Lipinski definition) is 2. The molecule has 0 aliphatic heterocycles. The van der Waals surface area contributed by atoms with E-state index in [1.165, 1.54) is 0 Å². The molecule has 1 N–H and O–H groups in total. The van der Waals surface area contributed by atoms with E-state index in [0.717, 1.165) is 15.7 Å². The molecule has 2 nitrogen and oxygen atoms in total. The topological polar surface area (TPSA) is 28.9 Å². The van der Waals surface area contributed by atoms with Crippen LogP contribution in [0.3, 0.4) is 0 Å². The van der Waals surface area contributed by atoms with Crippen molar-refractivity contribution in [3.05, 3.63) is 39.8 Å². The Balaban J connectivity index is 2.47. The third-order valence-corrected chi connectivity index (χ3v) is 2.40. The van der Waals surface area contributed by atoms with Crippen molar-refractivity contribution in [1.29, 1.82) is 0 Å². The first-order valence-electron chi connectivity index (χ1n) is 3.69. The molecule has 4 heteroatoms. The van der Waals surface area contributed by atoms with Crippen molar-refractivity contribution in [1.82, 2.24) is 4.98 Å². The Bertz CT molecular complexity index is 457. The molecular weight excluding hydrogens is 250 g/mol. The van der Waals surface area contributed by atoms with Crippen LogP contribution in [0.5, 0.6) is 0 Å². The molecule has 0 atom stereocenters. The van der Waals surface area contributed by atoms with Gasteiger partial charge in [-0.2, -0.15) is 0 Å². The lowest BCUT2D eigenvalue weighted by Crippen LogP contribution is -1.75. The molecule has 0 radical (unpaired) electrons. The van der Waals surface area contributed by atoms with Crippen molar-refractivity contribution in [3.63, 3.8) is 0 Å². The standard InChI is InChI=1S/C9H6BrNOS/c10-7-3-1-6(2-4-7)8-5-12-9(13)11-8/h1-5H,(H,11,13). The number of hydrogen-bond donors (Lipinski definition) is 1. The van der Waals surface area contributed by atoms with Gasteiger partial charge < -0.3 is 9.40 Å². The maximum atomic E-state index is 5.00. The van der Waals surface area contributed by atoms with E-state index in [9.17, 15) is 0 Å². The number of aromatic nitrogens is 1. The third kappa shape index (κ3) is 1.89. The summed E-state index contributed by atoms with van der Waals surface area (Å²) in [5, 5.41) is 0. The van der Waals surface area contributed by atoms with Crippen molar-refractivity contribution >= 4 is 28.1 Å². The lowest BCUT2D eigenvalue weighted by Gasteiger charge is -1.95. The van der Waals surface area contributed by atoms with E-state index in [1.807, 2.05) is 24.3 Å². The van der Waals surface area contributed by atoms with E-state index < -0.39 is 0 Å². The Hall–Kier alpha value is -0.870. The van der Waals surface area contributed by atoms with Crippen molar-refractivity contribution in [2.24, 2.45) is 0 Å². The predicted octanol–water partition coefficient (Wildman–Crippen LogP) is 3.77. The van der Waals surface area contributed by atoms with Crippen LogP contribution in [0.2, 0.25) is 0 Å². The van der Waals surface area contributed by atoms with Crippen LogP contribution in [0.15, 0.2) is 39.4 Å². The highest BCUT2D eigenvalue weighted by Gasteiger charge is 1.98. The van der Waals surface area contributed by atoms with E-state index in [1.54, 1.807) is 6.26 Å². The second kappa shape index (κ2) is 3.47. The minimum Gasteiger partial charge on any atom is -0.437 e. The molecule has 0 bridgehead atoms. The van der Waals surface area contributed by atoms with E-state index in [-0.39, 0.29) is 0 Å². The van der Waals surface area contributed by atoms with Crippen molar-refractivity contribution in [2.45, 2.75) is 0 Å². The zero-order valence-electron chi connectivity index (χ0n) is 6.58. The molecule has 1 heterocycles. The molecule has 13 heavy (non-hydrogen) atoms. The Morgan fingerprint density at radius 3 is 2.46 bits per heavy atom. The second-order valence-electron chi connectivity index (χ2n) is 2.57. The van der Waals surface area contributed by atoms with Gasteiger partial charge in [0.2, 0.25) is 0 Å². The zero-order valence-corrected chi connectivity index (χ0v) is 8.98. The normalized spacial score (nSPS) is 10.2. The van der Waals surface area contributed by atoms with Crippen molar-refractivity contribution in [2.75, 3.05) is 0 Å². The molecule has 0 aliphatic rings. The summed E-state index contributed by atoms with van der Waals surface area (Å²) in [6, 6.07) is 7.92. The van der Waals surface area contributed by atoms with Gasteiger partial charge in [-0.3, -0.25) is 0 Å². The van der Waals surface area contributed by atoms with Crippen LogP contribution in [0.1, 0.15) is 0 Å². The Morgan fingerprint density at radius 2 is 1.92 bits per heavy atom. The lowest BCUT2D eigenvalue weighted by atomic mass is 10.2. The molecule has 0 saturated heterocycles. The van der Waals surface area contributed by atoms with Gasteiger partial charge >= 0.3 is 0 Å². The van der Waals surface area contributed by atoms with Gasteiger partial charge in [0, 0.05) is 10.0 Å². The summed E-state index contributed by atoms with van der Waals surface area (Å²) in [5.41, 5.74) is 1.96. The van der Waals surface area contributed by atoms with Gasteiger partial charge in [-0.05, 0) is 24.4 Å². The largest absolute Gasteiger partial charge is 0.437 e. The van der Waals surface area contributed by atoms with Crippen LogP contribution in [-0.4, -0.2) is 4.98 Å². The number of nitrogens with one attached hydrogen (secondary N) is 1. The van der Waals surface area contributed by atoms with E-state index >= 15 is 0 Å². The molecule has 1 aromatic heterocycles. The Morgan fingerprint density at radius 1 is 1.23 bits per heavy atom. The summed E-state index contributed by atoms with van der Waals surface area (Å²) >= 11 is 8.20. The first-order valence-corrected chi connectivity index (χ1v) is 4.89. The molecule has 0 amide bonds. The highest BCUT2D eigenvalue weighted by atomic mass is 79.9. The van der Waals surface area contributed by atoms with E-state index in [2.05, 4.69) is 20.9 Å². The van der Waals surface area contributed by atoms with Gasteiger partial charge in [0.25, 0.3) is 4.84 Å². The van der Waals surface area contributed by atoms with Gasteiger partial charge in [-0.25, -0.2) is 0 Å². The summed E-state index contributed by atoms with van der Waals surface area (Å²) in [6.45, 7) is 0. The molecular formula is C9H6BrNOS. The van der Waals surface area contributed by atoms with Gasteiger partial charge in [0.05, 0.1) is 5.69 Å². The fraction of sp³-hybridized carbons (Fsp3) is 0. The van der Waals surface area contributed by atoms with Crippen LogP contribution in [0.25, 0.3) is 11.3 Å². The summed E-state index contributed by atoms with van der Waals surface area (Å²) < 4.78 is 6.05. The van der Waals surface area contributed by atoms with Gasteiger partial charge in [-0.1, -0.05) is 28.1 Å². The molecule has 0 fully saturated rings. The molecule has 1 aromatic carbocycles. The molecule has 2 rings (SSSR count). The maximum Gasteiger partial charge on any atom is 0.266 e. The third-order valence-electron chi connectivity index (χ3n) is 1.68. The van der Waals surface area contributed by atoms with Crippen LogP contribution in [0.4, 0.5) is 0 Å². The summed E-state index contributed by atoms with van der Waals surface area (Å²) in [6.07, 6.45) is 1.62. The van der Waals surface area contributed by atoms with Crippen molar-refractivity contribution in [3.8, 4) is 11.3 Å². The van der Waals surface area contributed by atoms with Crippen LogP contribution in [-0.2, 0) is 0 Å². The summed E-state index contributed by atoms with van der Waals surface area (Å²) in [7, 11) is 0. The Labute approximate surface area is 88.7 Å². The first-order chi connectivity index (χ1) is 6.25. The van der Waals surface area contributed by atoms with Gasteiger partial charge in [0.1, 0.15) is 6.26 Å². The average molecular weight is 256 g/mol. The van der Waals surface area contributed by atoms with E-state index in [4.69, 9.17) is 16.6 Å². The molecule has 0 saturated carbocycles. The quantitative estimate of drug-likeness (QED) is 0.787. The molecule has 0 unspecified atom stereocenters. The highest BCUT2D eigenvalue weighted by Crippen LogP contribution is 2.19. The molecule has 2 aromatic rings. The van der Waals surface area contributed by atoms with Gasteiger partial charge in [-0.15, -0.1) is 0 Å². The first kappa shape index (κ1) is 8.72. The summed E-state index contributed by atoms with van der Waals surface area (Å²) in [4.78, 5) is 3.35. The summed E-state index contributed by atoms with van der Waals surface area (Å²) in [5.74, 6) is 0. The maximum absolute atomic E-state index is 5.00. The number of H-pyrrole nitrogens is 1. The monoisotopic (exact) mass is 255 g/mol.